The lowest BCUT2D eigenvalue weighted by Crippen LogP contribution is -2.42. The number of amides is 3. The molecule has 5 nitrogen and oxygen atoms in total. The molecular formula is C17H25N3O2. The highest BCUT2D eigenvalue weighted by Gasteiger charge is 2.22. The number of nitrogens with zero attached hydrogens (tertiary/aromatic N) is 2. The van der Waals surface area contributed by atoms with E-state index >= 15 is 0 Å². The number of rotatable bonds is 3. The van der Waals surface area contributed by atoms with E-state index in [9.17, 15) is 9.59 Å². The Labute approximate surface area is 132 Å². The van der Waals surface area contributed by atoms with Crippen LogP contribution in [-0.2, 0) is 0 Å². The summed E-state index contributed by atoms with van der Waals surface area (Å²) < 4.78 is 0. The summed E-state index contributed by atoms with van der Waals surface area (Å²) in [7, 11) is 0. The Morgan fingerprint density at radius 2 is 1.68 bits per heavy atom. The molecule has 0 atom stereocenters. The first-order chi connectivity index (χ1) is 10.6. The molecule has 0 aromatic heterocycles. The molecule has 1 aliphatic rings. The van der Waals surface area contributed by atoms with Crippen LogP contribution in [0.5, 0.6) is 0 Å². The Morgan fingerprint density at radius 1 is 1.05 bits per heavy atom. The van der Waals surface area contributed by atoms with E-state index in [-0.39, 0.29) is 11.9 Å². The van der Waals surface area contributed by atoms with Crippen LogP contribution in [0.1, 0.15) is 35.7 Å². The third kappa shape index (κ3) is 4.23. The molecule has 1 fully saturated rings. The largest absolute Gasteiger partial charge is 0.338 e. The fraction of sp³-hybridized carbons (Fsp3) is 0.529. The molecule has 3 amide bonds. The van der Waals surface area contributed by atoms with Crippen molar-refractivity contribution in [3.05, 3.63) is 35.4 Å². The number of carbonyl (C=O) groups is 2. The lowest BCUT2D eigenvalue weighted by atomic mass is 10.1. The highest BCUT2D eigenvalue weighted by atomic mass is 16.2. The van der Waals surface area contributed by atoms with Crippen LogP contribution < -0.4 is 5.32 Å². The molecule has 22 heavy (non-hydrogen) atoms. The highest BCUT2D eigenvalue weighted by molar-refractivity contribution is 5.94. The SMILES string of the molecule is CCCNC(=O)N1CCCN(C(=O)c2ccc(C)cc2)CC1. The zero-order valence-electron chi connectivity index (χ0n) is 13.5. The molecule has 1 aliphatic heterocycles. The fourth-order valence-corrected chi connectivity index (χ4v) is 2.55. The van der Waals surface area contributed by atoms with Crippen molar-refractivity contribution in [3.8, 4) is 0 Å². The maximum atomic E-state index is 12.5. The van der Waals surface area contributed by atoms with Crippen molar-refractivity contribution >= 4 is 11.9 Å². The average Bonchev–Trinajstić information content (AvgIpc) is 2.78. The fourth-order valence-electron chi connectivity index (χ4n) is 2.55. The van der Waals surface area contributed by atoms with Crippen LogP contribution >= 0.6 is 0 Å². The van der Waals surface area contributed by atoms with Gasteiger partial charge in [-0.05, 0) is 31.9 Å². The van der Waals surface area contributed by atoms with E-state index in [1.807, 2.05) is 43.0 Å². The Hall–Kier alpha value is -2.04. The Balaban J connectivity index is 1.93. The second-order valence-corrected chi connectivity index (χ2v) is 5.73. The van der Waals surface area contributed by atoms with Crippen LogP contribution in [0, 0.1) is 6.92 Å². The van der Waals surface area contributed by atoms with Gasteiger partial charge in [0.2, 0.25) is 0 Å². The minimum absolute atomic E-state index is 0.0218. The van der Waals surface area contributed by atoms with Gasteiger partial charge in [0, 0.05) is 38.3 Å². The first-order valence-electron chi connectivity index (χ1n) is 8.00. The van der Waals surface area contributed by atoms with Gasteiger partial charge in [0.05, 0.1) is 0 Å². The van der Waals surface area contributed by atoms with Gasteiger partial charge in [0.1, 0.15) is 0 Å². The van der Waals surface area contributed by atoms with Crippen LogP contribution in [0.3, 0.4) is 0 Å². The Bertz CT molecular complexity index is 513. The van der Waals surface area contributed by atoms with Gasteiger partial charge in [-0.3, -0.25) is 4.79 Å². The van der Waals surface area contributed by atoms with Crippen LogP contribution in [0.2, 0.25) is 0 Å². The van der Waals surface area contributed by atoms with Crippen LogP contribution in [0.15, 0.2) is 24.3 Å². The lowest BCUT2D eigenvalue weighted by molar-refractivity contribution is 0.0762. The zero-order valence-corrected chi connectivity index (χ0v) is 13.5. The van der Waals surface area contributed by atoms with E-state index in [2.05, 4.69) is 5.32 Å². The summed E-state index contributed by atoms with van der Waals surface area (Å²) in [6, 6.07) is 7.62. The summed E-state index contributed by atoms with van der Waals surface area (Å²) in [4.78, 5) is 28.2. The van der Waals surface area contributed by atoms with E-state index in [0.29, 0.717) is 32.7 Å². The normalized spacial score (nSPS) is 15.4. The molecule has 0 saturated carbocycles. The Kier molecular flexibility index (Phi) is 5.81. The second-order valence-electron chi connectivity index (χ2n) is 5.73. The predicted molar refractivity (Wildman–Crippen MR) is 87.0 cm³/mol. The highest BCUT2D eigenvalue weighted by Crippen LogP contribution is 2.10. The molecule has 1 saturated heterocycles. The number of benzene rings is 1. The molecule has 1 aromatic carbocycles. The van der Waals surface area contributed by atoms with E-state index in [1.165, 1.54) is 0 Å². The minimum Gasteiger partial charge on any atom is -0.338 e. The minimum atomic E-state index is -0.0218. The molecule has 0 spiro atoms. The van der Waals surface area contributed by atoms with Crippen molar-refractivity contribution in [1.29, 1.82) is 0 Å². The van der Waals surface area contributed by atoms with Crippen molar-refractivity contribution in [1.82, 2.24) is 15.1 Å². The summed E-state index contributed by atoms with van der Waals surface area (Å²) in [5.41, 5.74) is 1.86. The van der Waals surface area contributed by atoms with E-state index in [4.69, 9.17) is 0 Å². The van der Waals surface area contributed by atoms with Gasteiger partial charge in [-0.25, -0.2) is 4.79 Å². The van der Waals surface area contributed by atoms with Crippen molar-refractivity contribution < 1.29 is 9.59 Å². The average molecular weight is 303 g/mol. The smallest absolute Gasteiger partial charge is 0.317 e. The summed E-state index contributed by atoms with van der Waals surface area (Å²) in [5.74, 6) is 0.0517. The quantitative estimate of drug-likeness (QED) is 0.931. The first kappa shape index (κ1) is 16.3. The van der Waals surface area contributed by atoms with Gasteiger partial charge in [-0.2, -0.15) is 0 Å². The predicted octanol–water partition coefficient (Wildman–Crippen LogP) is 2.26. The topological polar surface area (TPSA) is 52.7 Å². The number of aryl methyl sites for hydroxylation is 1. The number of urea groups is 1. The maximum absolute atomic E-state index is 12.5. The number of carbonyl (C=O) groups excluding carboxylic acids is 2. The first-order valence-corrected chi connectivity index (χ1v) is 8.00. The van der Waals surface area contributed by atoms with E-state index in [0.717, 1.165) is 24.0 Å². The molecule has 0 radical (unpaired) electrons. The van der Waals surface area contributed by atoms with Crippen LogP contribution in [0.4, 0.5) is 4.79 Å². The molecule has 120 valence electrons. The number of nitrogens with one attached hydrogen (secondary N) is 1. The van der Waals surface area contributed by atoms with Gasteiger partial charge in [0.25, 0.3) is 5.91 Å². The molecule has 0 aliphatic carbocycles. The van der Waals surface area contributed by atoms with Gasteiger partial charge in [-0.1, -0.05) is 24.6 Å². The van der Waals surface area contributed by atoms with Crippen molar-refractivity contribution in [2.45, 2.75) is 26.7 Å². The van der Waals surface area contributed by atoms with Crippen molar-refractivity contribution in [2.24, 2.45) is 0 Å². The zero-order chi connectivity index (χ0) is 15.9. The Morgan fingerprint density at radius 3 is 2.36 bits per heavy atom. The van der Waals surface area contributed by atoms with Gasteiger partial charge < -0.3 is 15.1 Å². The van der Waals surface area contributed by atoms with Crippen molar-refractivity contribution in [2.75, 3.05) is 32.7 Å². The summed E-state index contributed by atoms with van der Waals surface area (Å²) in [6.45, 7) is 7.32. The number of hydrogen-bond acceptors (Lipinski definition) is 2. The van der Waals surface area contributed by atoms with Gasteiger partial charge in [-0.15, -0.1) is 0 Å². The lowest BCUT2D eigenvalue weighted by Gasteiger charge is -2.22. The van der Waals surface area contributed by atoms with E-state index < -0.39 is 0 Å². The third-order valence-corrected chi connectivity index (χ3v) is 3.90. The van der Waals surface area contributed by atoms with Crippen LogP contribution in [-0.4, -0.2) is 54.5 Å². The summed E-state index contributed by atoms with van der Waals surface area (Å²) >= 11 is 0. The molecular weight excluding hydrogens is 278 g/mol. The molecule has 0 bridgehead atoms. The monoisotopic (exact) mass is 303 g/mol. The summed E-state index contributed by atoms with van der Waals surface area (Å²) in [5, 5.41) is 2.90. The third-order valence-electron chi connectivity index (χ3n) is 3.90. The maximum Gasteiger partial charge on any atom is 0.317 e. The molecule has 1 heterocycles. The number of hydrogen-bond donors (Lipinski definition) is 1. The standard InChI is InChI=1S/C17H25N3O2/c1-3-9-18-17(22)20-11-4-10-19(12-13-20)16(21)15-7-5-14(2)6-8-15/h5-8H,3-4,9-13H2,1-2H3,(H,18,22). The second kappa shape index (κ2) is 7.82. The van der Waals surface area contributed by atoms with Gasteiger partial charge in [0.15, 0.2) is 0 Å². The van der Waals surface area contributed by atoms with Crippen LogP contribution in [0.25, 0.3) is 0 Å². The molecule has 1 aromatic rings. The molecule has 0 unspecified atom stereocenters. The molecule has 2 rings (SSSR count). The van der Waals surface area contributed by atoms with E-state index in [1.54, 1.807) is 4.90 Å². The van der Waals surface area contributed by atoms with Crippen molar-refractivity contribution in [3.63, 3.8) is 0 Å². The van der Waals surface area contributed by atoms with Gasteiger partial charge >= 0.3 is 6.03 Å². The summed E-state index contributed by atoms with van der Waals surface area (Å²) in [6.07, 6.45) is 1.74. The molecule has 1 N–H and O–H groups in total. The molecule has 5 heteroatoms.